The van der Waals surface area contributed by atoms with Crippen molar-refractivity contribution < 1.29 is 14.4 Å². The van der Waals surface area contributed by atoms with Crippen LogP contribution >= 0.6 is 0 Å². The second kappa shape index (κ2) is 8.29. The predicted molar refractivity (Wildman–Crippen MR) is 97.2 cm³/mol. The lowest BCUT2D eigenvalue weighted by molar-refractivity contribution is -0.134. The summed E-state index contributed by atoms with van der Waals surface area (Å²) in [6.45, 7) is 6.84. The summed E-state index contributed by atoms with van der Waals surface area (Å²) in [4.78, 5) is 36.1. The molecule has 1 fully saturated rings. The largest absolute Gasteiger partial charge is 0.344 e. The molecule has 142 valence electrons. The number of nitrogens with one attached hydrogen (secondary N) is 5. The lowest BCUT2D eigenvalue weighted by Crippen LogP contribution is -2.55. The molecule has 2 rings (SSSR count). The van der Waals surface area contributed by atoms with Gasteiger partial charge in [0.25, 0.3) is 11.8 Å². The van der Waals surface area contributed by atoms with E-state index in [4.69, 9.17) is 0 Å². The molecule has 1 aliphatic rings. The van der Waals surface area contributed by atoms with E-state index in [1.54, 1.807) is 27.7 Å². The van der Waals surface area contributed by atoms with Crippen molar-refractivity contribution in [3.63, 3.8) is 0 Å². The molecular formula is C18H27N5O3. The fraction of sp³-hybridized carbons (Fsp3) is 0.500. The lowest BCUT2D eigenvalue weighted by Gasteiger charge is -2.21. The van der Waals surface area contributed by atoms with Gasteiger partial charge in [-0.3, -0.25) is 25.2 Å². The van der Waals surface area contributed by atoms with Crippen molar-refractivity contribution in [1.29, 1.82) is 0 Å². The average Bonchev–Trinajstić information content (AvgIpc) is 3.09. The highest BCUT2D eigenvalue weighted by atomic mass is 16.2. The second-order valence-corrected chi connectivity index (χ2v) is 7.46. The molecule has 0 radical (unpaired) electrons. The van der Waals surface area contributed by atoms with Crippen molar-refractivity contribution in [1.82, 2.24) is 27.0 Å². The summed E-state index contributed by atoms with van der Waals surface area (Å²) in [5.41, 5.74) is 11.2. The topological polar surface area (TPSA) is 111 Å². The average molecular weight is 361 g/mol. The van der Waals surface area contributed by atoms with Crippen LogP contribution in [-0.2, 0) is 14.4 Å². The first-order valence-corrected chi connectivity index (χ1v) is 8.65. The number of carbonyl (C=O) groups is 3. The Labute approximate surface area is 153 Å². The molecule has 1 aromatic rings. The molecule has 1 saturated heterocycles. The fourth-order valence-corrected chi connectivity index (χ4v) is 2.43. The minimum absolute atomic E-state index is 0.0210. The van der Waals surface area contributed by atoms with Gasteiger partial charge in [-0.05, 0) is 18.9 Å². The Morgan fingerprint density at radius 1 is 1.08 bits per heavy atom. The highest BCUT2D eigenvalue weighted by molar-refractivity contribution is 5.91. The lowest BCUT2D eigenvalue weighted by atomic mass is 9.95. The Balaban J connectivity index is 1.78. The normalized spacial score (nSPS) is 20.9. The minimum atomic E-state index is -0.756. The minimum Gasteiger partial charge on any atom is -0.344 e. The van der Waals surface area contributed by atoms with E-state index in [1.807, 2.05) is 30.3 Å². The molecule has 3 atom stereocenters. The summed E-state index contributed by atoms with van der Waals surface area (Å²) in [6, 6.07) is 8.59. The number of carbonyl (C=O) groups excluding carboxylic acids is 3. The first-order valence-electron chi connectivity index (χ1n) is 8.65. The first kappa shape index (κ1) is 19.9. The van der Waals surface area contributed by atoms with Crippen LogP contribution in [-0.4, -0.2) is 29.8 Å². The third kappa shape index (κ3) is 5.27. The van der Waals surface area contributed by atoms with Crippen LogP contribution in [0.3, 0.4) is 0 Å². The Morgan fingerprint density at radius 2 is 1.73 bits per heavy atom. The van der Waals surface area contributed by atoms with E-state index in [0.29, 0.717) is 6.42 Å². The molecule has 1 aromatic carbocycles. The number of rotatable bonds is 4. The van der Waals surface area contributed by atoms with Gasteiger partial charge in [0.1, 0.15) is 12.1 Å². The smallest absolute Gasteiger partial charge is 0.260 e. The van der Waals surface area contributed by atoms with Gasteiger partial charge in [-0.2, -0.15) is 0 Å². The molecule has 1 heterocycles. The van der Waals surface area contributed by atoms with Crippen LogP contribution in [0.15, 0.2) is 30.3 Å². The van der Waals surface area contributed by atoms with E-state index in [9.17, 15) is 14.4 Å². The van der Waals surface area contributed by atoms with Crippen LogP contribution in [0.5, 0.6) is 0 Å². The quantitative estimate of drug-likeness (QED) is 0.495. The summed E-state index contributed by atoms with van der Waals surface area (Å²) >= 11 is 0. The van der Waals surface area contributed by atoms with Crippen molar-refractivity contribution >= 4 is 17.7 Å². The highest BCUT2D eigenvalue weighted by Gasteiger charge is 2.31. The van der Waals surface area contributed by atoms with Gasteiger partial charge in [-0.15, -0.1) is 0 Å². The van der Waals surface area contributed by atoms with Crippen molar-refractivity contribution in [3.05, 3.63) is 35.9 Å². The zero-order valence-corrected chi connectivity index (χ0v) is 15.6. The van der Waals surface area contributed by atoms with E-state index >= 15 is 0 Å². The summed E-state index contributed by atoms with van der Waals surface area (Å²) < 4.78 is 0. The molecule has 3 unspecified atom stereocenters. The van der Waals surface area contributed by atoms with Gasteiger partial charge in [0.05, 0.1) is 0 Å². The molecule has 8 nitrogen and oxygen atoms in total. The third-order valence-corrected chi connectivity index (χ3v) is 4.15. The van der Waals surface area contributed by atoms with E-state index in [1.165, 1.54) is 0 Å². The maximum Gasteiger partial charge on any atom is 0.260 e. The summed E-state index contributed by atoms with van der Waals surface area (Å²) in [5, 5.41) is 2.61. The molecule has 0 spiro atoms. The second-order valence-electron chi connectivity index (χ2n) is 7.46. The van der Waals surface area contributed by atoms with E-state index < -0.39 is 23.4 Å². The number of benzene rings is 1. The summed E-state index contributed by atoms with van der Waals surface area (Å²) in [5.74, 6) is -1.07. The summed E-state index contributed by atoms with van der Waals surface area (Å²) in [6.07, 6.45) is 0.558. The molecule has 1 aliphatic heterocycles. The Morgan fingerprint density at radius 3 is 2.35 bits per heavy atom. The van der Waals surface area contributed by atoms with Crippen molar-refractivity contribution in [2.45, 2.75) is 52.2 Å². The van der Waals surface area contributed by atoms with Gasteiger partial charge >= 0.3 is 0 Å². The molecule has 26 heavy (non-hydrogen) atoms. The van der Waals surface area contributed by atoms with Crippen LogP contribution in [0.2, 0.25) is 0 Å². The van der Waals surface area contributed by atoms with Crippen LogP contribution in [0.4, 0.5) is 0 Å². The van der Waals surface area contributed by atoms with Crippen LogP contribution < -0.4 is 27.0 Å². The van der Waals surface area contributed by atoms with Crippen LogP contribution in [0, 0.1) is 5.41 Å². The Bertz CT molecular complexity index is 657. The van der Waals surface area contributed by atoms with Gasteiger partial charge in [0.2, 0.25) is 5.91 Å². The molecule has 0 saturated carbocycles. The molecule has 0 bridgehead atoms. The third-order valence-electron chi connectivity index (χ3n) is 4.15. The van der Waals surface area contributed by atoms with Crippen LogP contribution in [0.1, 0.15) is 45.7 Å². The van der Waals surface area contributed by atoms with Gasteiger partial charge < -0.3 is 5.32 Å². The van der Waals surface area contributed by atoms with E-state index in [-0.39, 0.29) is 17.9 Å². The maximum atomic E-state index is 12.2. The number of amides is 3. The monoisotopic (exact) mass is 361 g/mol. The maximum absolute atomic E-state index is 12.2. The SMILES string of the molecule is CC(NC(=O)C(C)(C)C)C(=O)NNC(=O)C1CC(c2ccccc2)NN1. The van der Waals surface area contributed by atoms with Gasteiger partial charge in [-0.25, -0.2) is 10.9 Å². The van der Waals surface area contributed by atoms with Crippen molar-refractivity contribution in [2.75, 3.05) is 0 Å². The molecule has 0 aromatic heterocycles. The zero-order valence-electron chi connectivity index (χ0n) is 15.6. The van der Waals surface area contributed by atoms with Crippen molar-refractivity contribution in [2.24, 2.45) is 5.41 Å². The first-order chi connectivity index (χ1) is 12.2. The predicted octanol–water partition coefficient (Wildman–Crippen LogP) is 0.292. The highest BCUT2D eigenvalue weighted by Crippen LogP contribution is 2.21. The Kier molecular flexibility index (Phi) is 6.33. The van der Waals surface area contributed by atoms with E-state index in [0.717, 1.165) is 5.56 Å². The molecule has 0 aliphatic carbocycles. The number of hydrazine groups is 2. The van der Waals surface area contributed by atoms with E-state index in [2.05, 4.69) is 27.0 Å². The Hall–Kier alpha value is -2.45. The number of hydrogen-bond acceptors (Lipinski definition) is 5. The zero-order chi connectivity index (χ0) is 19.3. The summed E-state index contributed by atoms with van der Waals surface area (Å²) in [7, 11) is 0. The van der Waals surface area contributed by atoms with Crippen LogP contribution in [0.25, 0.3) is 0 Å². The van der Waals surface area contributed by atoms with Gasteiger partial charge in [-0.1, -0.05) is 51.1 Å². The molecule has 3 amide bonds. The molecule has 8 heteroatoms. The standard InChI is InChI=1S/C18H27N5O3/c1-11(19-17(26)18(2,3)4)15(24)22-23-16(25)14-10-13(20-21-14)12-8-6-5-7-9-12/h5-9,11,13-14,20-21H,10H2,1-4H3,(H,19,26)(H,22,24)(H,23,25). The molecular weight excluding hydrogens is 334 g/mol. The van der Waals surface area contributed by atoms with Gasteiger partial charge in [0, 0.05) is 11.5 Å². The fourth-order valence-electron chi connectivity index (χ4n) is 2.43. The van der Waals surface area contributed by atoms with Gasteiger partial charge in [0.15, 0.2) is 0 Å². The number of hydrogen-bond donors (Lipinski definition) is 5. The molecule has 5 N–H and O–H groups in total. The van der Waals surface area contributed by atoms with Crippen molar-refractivity contribution in [3.8, 4) is 0 Å².